The fourth-order valence-electron chi connectivity index (χ4n) is 3.36. The molecular weight excluding hydrogens is 295 g/mol. The maximum Gasteiger partial charge on any atom is 0.226 e. The molecule has 1 aliphatic carbocycles. The van der Waals surface area contributed by atoms with Crippen LogP contribution in [0.1, 0.15) is 18.1 Å². The van der Waals surface area contributed by atoms with Crippen molar-refractivity contribution in [2.75, 3.05) is 31.1 Å². The summed E-state index contributed by atoms with van der Waals surface area (Å²) >= 11 is 0. The first-order valence-corrected chi connectivity index (χ1v) is 8.05. The van der Waals surface area contributed by atoms with Crippen LogP contribution < -0.4 is 4.90 Å². The Morgan fingerprint density at radius 3 is 2.48 bits per heavy atom. The van der Waals surface area contributed by atoms with Crippen LogP contribution >= 0.6 is 0 Å². The molecule has 0 N–H and O–H groups in total. The number of hydrogen-bond donors (Lipinski definition) is 0. The zero-order valence-electron chi connectivity index (χ0n) is 12.8. The van der Waals surface area contributed by atoms with Crippen LogP contribution in [0.2, 0.25) is 0 Å². The predicted molar refractivity (Wildman–Crippen MR) is 84.7 cm³/mol. The largest absolute Gasteiger partial charge is 0.469 e. The van der Waals surface area contributed by atoms with Crippen molar-refractivity contribution in [3.63, 3.8) is 0 Å². The number of furan rings is 1. The lowest BCUT2D eigenvalue weighted by atomic mass is 10.2. The number of hydrogen-bond acceptors (Lipinski definition) is 3. The van der Waals surface area contributed by atoms with Gasteiger partial charge in [0, 0.05) is 43.7 Å². The summed E-state index contributed by atoms with van der Waals surface area (Å²) in [5, 5.41) is 0. The number of rotatable bonds is 3. The summed E-state index contributed by atoms with van der Waals surface area (Å²) in [6, 6.07) is 10.4. The molecule has 0 radical (unpaired) electrons. The molecule has 1 saturated heterocycles. The normalized spacial score (nSPS) is 23.9. The Bertz CT molecular complexity index is 676. The highest BCUT2D eigenvalue weighted by molar-refractivity contribution is 5.83. The maximum absolute atomic E-state index is 13.0. The van der Waals surface area contributed by atoms with Crippen LogP contribution in [0.15, 0.2) is 47.1 Å². The van der Waals surface area contributed by atoms with Crippen molar-refractivity contribution in [3.05, 3.63) is 54.2 Å². The second-order valence-electron chi connectivity index (χ2n) is 6.25. The lowest BCUT2D eigenvalue weighted by Gasteiger charge is -2.36. The van der Waals surface area contributed by atoms with Gasteiger partial charge < -0.3 is 14.2 Å². The van der Waals surface area contributed by atoms with Crippen molar-refractivity contribution in [1.29, 1.82) is 0 Å². The third kappa shape index (κ3) is 2.83. The minimum Gasteiger partial charge on any atom is -0.469 e. The first-order valence-electron chi connectivity index (χ1n) is 8.05. The van der Waals surface area contributed by atoms with E-state index in [2.05, 4.69) is 4.90 Å². The lowest BCUT2D eigenvalue weighted by molar-refractivity contribution is -0.133. The fraction of sp³-hybridized carbons (Fsp3) is 0.389. The van der Waals surface area contributed by atoms with Crippen molar-refractivity contribution < 1.29 is 13.6 Å². The highest BCUT2D eigenvalue weighted by Crippen LogP contribution is 2.48. The van der Waals surface area contributed by atoms with Gasteiger partial charge in [-0.15, -0.1) is 0 Å². The van der Waals surface area contributed by atoms with Crippen LogP contribution in [0.5, 0.6) is 0 Å². The summed E-state index contributed by atoms with van der Waals surface area (Å²) in [6.07, 6.45) is 2.56. The second kappa shape index (κ2) is 5.72. The molecule has 0 bridgehead atoms. The van der Waals surface area contributed by atoms with Gasteiger partial charge in [-0.3, -0.25) is 4.79 Å². The highest BCUT2D eigenvalue weighted by atomic mass is 19.1. The fourth-order valence-corrected chi connectivity index (χ4v) is 3.36. The molecule has 23 heavy (non-hydrogen) atoms. The summed E-state index contributed by atoms with van der Waals surface area (Å²) in [7, 11) is 0. The molecule has 1 aromatic heterocycles. The van der Waals surface area contributed by atoms with E-state index in [0.717, 1.165) is 44.0 Å². The molecule has 1 aliphatic heterocycles. The number of amides is 1. The second-order valence-corrected chi connectivity index (χ2v) is 6.25. The lowest BCUT2D eigenvalue weighted by Crippen LogP contribution is -2.49. The zero-order valence-corrected chi connectivity index (χ0v) is 12.8. The maximum atomic E-state index is 13.0. The molecule has 2 aliphatic rings. The van der Waals surface area contributed by atoms with Crippen molar-refractivity contribution in [3.8, 4) is 0 Å². The molecule has 4 rings (SSSR count). The van der Waals surface area contributed by atoms with Crippen LogP contribution in [0.3, 0.4) is 0 Å². The molecule has 2 heterocycles. The van der Waals surface area contributed by atoms with Crippen molar-refractivity contribution >= 4 is 11.6 Å². The van der Waals surface area contributed by atoms with Gasteiger partial charge in [-0.05, 0) is 42.8 Å². The highest BCUT2D eigenvalue weighted by Gasteiger charge is 2.47. The topological polar surface area (TPSA) is 36.7 Å². The van der Waals surface area contributed by atoms with E-state index in [1.807, 2.05) is 17.0 Å². The van der Waals surface area contributed by atoms with Crippen LogP contribution in [0, 0.1) is 11.7 Å². The monoisotopic (exact) mass is 314 g/mol. The van der Waals surface area contributed by atoms with E-state index in [1.165, 1.54) is 12.1 Å². The molecule has 0 spiro atoms. The Hall–Kier alpha value is -2.30. The molecule has 1 saturated carbocycles. The van der Waals surface area contributed by atoms with Gasteiger partial charge in [-0.2, -0.15) is 0 Å². The summed E-state index contributed by atoms with van der Waals surface area (Å²) < 4.78 is 18.4. The van der Waals surface area contributed by atoms with Gasteiger partial charge in [0.1, 0.15) is 11.6 Å². The van der Waals surface area contributed by atoms with Gasteiger partial charge in [-0.25, -0.2) is 4.39 Å². The number of piperazine rings is 1. The molecule has 2 fully saturated rings. The molecule has 2 aromatic rings. The molecule has 2 atom stereocenters. The van der Waals surface area contributed by atoms with E-state index in [9.17, 15) is 9.18 Å². The number of nitrogens with zero attached hydrogens (tertiary/aromatic N) is 2. The van der Waals surface area contributed by atoms with Gasteiger partial charge in [0.2, 0.25) is 5.91 Å². The Labute approximate surface area is 134 Å². The molecular formula is C18H19FN2O2. The van der Waals surface area contributed by atoms with Crippen molar-refractivity contribution in [2.45, 2.75) is 12.3 Å². The molecule has 5 heteroatoms. The first-order chi connectivity index (χ1) is 11.2. The third-order valence-electron chi connectivity index (χ3n) is 4.80. The number of carbonyl (C=O) groups excluding carboxylic acids is 1. The zero-order chi connectivity index (χ0) is 15.8. The van der Waals surface area contributed by atoms with Gasteiger partial charge >= 0.3 is 0 Å². The Morgan fingerprint density at radius 2 is 1.83 bits per heavy atom. The van der Waals surface area contributed by atoms with Gasteiger partial charge in [0.15, 0.2) is 0 Å². The average molecular weight is 314 g/mol. The number of halogens is 1. The van der Waals surface area contributed by atoms with Crippen LogP contribution in [0.25, 0.3) is 0 Å². The summed E-state index contributed by atoms with van der Waals surface area (Å²) in [5.74, 6) is 1.28. The van der Waals surface area contributed by atoms with Gasteiger partial charge in [-0.1, -0.05) is 0 Å². The first kappa shape index (κ1) is 14.3. The number of carbonyl (C=O) groups is 1. The van der Waals surface area contributed by atoms with E-state index in [1.54, 1.807) is 18.4 Å². The Morgan fingerprint density at radius 1 is 1.09 bits per heavy atom. The summed E-state index contributed by atoms with van der Waals surface area (Å²) in [6.45, 7) is 3.01. The predicted octanol–water partition coefficient (Wildman–Crippen LogP) is 2.87. The van der Waals surface area contributed by atoms with E-state index in [4.69, 9.17) is 4.42 Å². The van der Waals surface area contributed by atoms with E-state index in [0.29, 0.717) is 0 Å². The van der Waals surface area contributed by atoms with E-state index in [-0.39, 0.29) is 23.6 Å². The number of anilines is 1. The van der Waals surface area contributed by atoms with Crippen LogP contribution in [0.4, 0.5) is 10.1 Å². The molecule has 0 unspecified atom stereocenters. The molecule has 1 amide bonds. The Balaban J connectivity index is 1.33. The van der Waals surface area contributed by atoms with Crippen molar-refractivity contribution in [2.24, 2.45) is 5.92 Å². The molecule has 1 aromatic carbocycles. The summed E-state index contributed by atoms with van der Waals surface area (Å²) in [4.78, 5) is 16.7. The standard InChI is InChI=1S/C18H19FN2O2/c19-13-3-5-14(6-4-13)20-7-9-21(10-8-20)18(22)16-12-15(16)17-2-1-11-23-17/h1-6,11,15-16H,7-10,12H2/t15-,16-/m0/s1. The quantitative estimate of drug-likeness (QED) is 0.874. The minimum absolute atomic E-state index is 0.0820. The van der Waals surface area contributed by atoms with E-state index >= 15 is 0 Å². The van der Waals surface area contributed by atoms with E-state index < -0.39 is 0 Å². The third-order valence-corrected chi connectivity index (χ3v) is 4.80. The van der Waals surface area contributed by atoms with Crippen molar-refractivity contribution in [1.82, 2.24) is 4.90 Å². The van der Waals surface area contributed by atoms with Gasteiger partial charge in [0.25, 0.3) is 0 Å². The van der Waals surface area contributed by atoms with Crippen LogP contribution in [-0.4, -0.2) is 37.0 Å². The Kier molecular flexibility index (Phi) is 3.56. The number of benzene rings is 1. The van der Waals surface area contributed by atoms with Crippen LogP contribution in [-0.2, 0) is 4.79 Å². The molecule has 120 valence electrons. The minimum atomic E-state index is -0.222. The smallest absolute Gasteiger partial charge is 0.226 e. The average Bonchev–Trinajstić information content (AvgIpc) is 3.20. The summed E-state index contributed by atoms with van der Waals surface area (Å²) in [5.41, 5.74) is 1.01. The SMILES string of the molecule is O=C([C@H]1C[C@@H]1c1ccco1)N1CCN(c2ccc(F)cc2)CC1. The molecule has 4 nitrogen and oxygen atoms in total. The van der Waals surface area contributed by atoms with Gasteiger partial charge in [0.05, 0.1) is 6.26 Å².